The highest BCUT2D eigenvalue weighted by atomic mass is 32.2. The molecule has 1 aliphatic carbocycles. The predicted octanol–water partition coefficient (Wildman–Crippen LogP) is 0.662. The molecule has 1 aliphatic heterocycles. The normalized spacial score (nSPS) is 31.8. The lowest BCUT2D eigenvalue weighted by molar-refractivity contribution is -0.142. The fourth-order valence-electron chi connectivity index (χ4n) is 3.17. The maximum atomic E-state index is 12.2. The molecule has 1 saturated heterocycles. The molecule has 110 valence electrons. The highest BCUT2D eigenvalue weighted by molar-refractivity contribution is 7.87. The van der Waals surface area contributed by atoms with Crippen molar-refractivity contribution < 1.29 is 18.3 Å². The summed E-state index contributed by atoms with van der Waals surface area (Å²) in [5, 5.41) is 9.34. The zero-order chi connectivity index (χ0) is 14.2. The van der Waals surface area contributed by atoms with Crippen LogP contribution in [0.3, 0.4) is 0 Å². The smallest absolute Gasteiger partial charge is 0.322 e. The van der Waals surface area contributed by atoms with Gasteiger partial charge in [-0.3, -0.25) is 4.79 Å². The van der Waals surface area contributed by atoms with Crippen molar-refractivity contribution in [3.8, 4) is 0 Å². The number of rotatable bonds is 5. The van der Waals surface area contributed by atoms with E-state index in [0.717, 1.165) is 23.6 Å². The van der Waals surface area contributed by atoms with Gasteiger partial charge in [0.25, 0.3) is 10.2 Å². The molecule has 0 bridgehead atoms. The third kappa shape index (κ3) is 2.93. The van der Waals surface area contributed by atoms with Gasteiger partial charge in [-0.05, 0) is 30.6 Å². The number of nitrogens with zero attached hydrogens (tertiary/aromatic N) is 1. The number of carboxylic acids is 1. The molecule has 2 N–H and O–H groups in total. The van der Waals surface area contributed by atoms with Crippen molar-refractivity contribution >= 4 is 16.2 Å². The lowest BCUT2D eigenvalue weighted by Gasteiger charge is -2.24. The summed E-state index contributed by atoms with van der Waals surface area (Å²) in [4.78, 5) is 11.4. The molecule has 19 heavy (non-hydrogen) atoms. The van der Waals surface area contributed by atoms with E-state index < -0.39 is 22.2 Å². The van der Waals surface area contributed by atoms with Crippen LogP contribution in [0.2, 0.25) is 0 Å². The summed E-state index contributed by atoms with van der Waals surface area (Å²) in [5.41, 5.74) is 0. The molecule has 1 saturated carbocycles. The second kappa shape index (κ2) is 5.38. The maximum Gasteiger partial charge on any atom is 0.322 e. The van der Waals surface area contributed by atoms with Crippen molar-refractivity contribution in [2.45, 2.75) is 39.2 Å². The molecule has 6 nitrogen and oxygen atoms in total. The van der Waals surface area contributed by atoms with E-state index in [1.165, 1.54) is 0 Å². The van der Waals surface area contributed by atoms with Gasteiger partial charge >= 0.3 is 5.97 Å². The topological polar surface area (TPSA) is 86.7 Å². The van der Waals surface area contributed by atoms with Gasteiger partial charge in [-0.15, -0.1) is 0 Å². The number of carbonyl (C=O) groups is 1. The Labute approximate surface area is 114 Å². The third-order valence-corrected chi connectivity index (χ3v) is 5.61. The first-order valence-electron chi connectivity index (χ1n) is 6.82. The number of fused-ring (bicyclic) bond motifs is 1. The van der Waals surface area contributed by atoms with E-state index in [4.69, 9.17) is 0 Å². The van der Waals surface area contributed by atoms with E-state index >= 15 is 0 Å². The van der Waals surface area contributed by atoms with E-state index in [9.17, 15) is 18.3 Å². The Morgan fingerprint density at radius 1 is 1.42 bits per heavy atom. The molecular formula is C12H22N2O4S. The van der Waals surface area contributed by atoms with Crippen LogP contribution in [0.25, 0.3) is 0 Å². The average Bonchev–Trinajstić information content (AvgIpc) is 2.84. The van der Waals surface area contributed by atoms with Gasteiger partial charge in [0.2, 0.25) is 0 Å². The zero-order valence-electron chi connectivity index (χ0n) is 11.4. The fraction of sp³-hybridized carbons (Fsp3) is 0.917. The molecule has 3 unspecified atom stereocenters. The molecule has 2 aliphatic rings. The van der Waals surface area contributed by atoms with Crippen LogP contribution >= 0.6 is 0 Å². The van der Waals surface area contributed by atoms with Crippen LogP contribution in [0.4, 0.5) is 0 Å². The quantitative estimate of drug-likeness (QED) is 0.779. The largest absolute Gasteiger partial charge is 0.480 e. The van der Waals surface area contributed by atoms with Gasteiger partial charge in [-0.2, -0.15) is 12.7 Å². The highest BCUT2D eigenvalue weighted by Gasteiger charge is 2.51. The first-order chi connectivity index (χ1) is 8.83. The Balaban J connectivity index is 2.16. The summed E-state index contributed by atoms with van der Waals surface area (Å²) < 4.78 is 28.1. The van der Waals surface area contributed by atoms with Crippen LogP contribution in [-0.2, 0) is 15.0 Å². The number of aliphatic carboxylic acids is 1. The SMILES string of the molecule is CC(C)CNS(=O)(=O)N1CC2CCCC2C1C(=O)O. The minimum Gasteiger partial charge on any atom is -0.480 e. The Kier molecular flexibility index (Phi) is 4.17. The van der Waals surface area contributed by atoms with Crippen molar-refractivity contribution in [3.63, 3.8) is 0 Å². The monoisotopic (exact) mass is 290 g/mol. The van der Waals surface area contributed by atoms with Gasteiger partial charge in [0.1, 0.15) is 6.04 Å². The summed E-state index contributed by atoms with van der Waals surface area (Å²) in [6.45, 7) is 4.50. The van der Waals surface area contributed by atoms with Gasteiger partial charge in [0, 0.05) is 13.1 Å². The van der Waals surface area contributed by atoms with Gasteiger partial charge in [-0.1, -0.05) is 20.3 Å². The second-order valence-corrected chi connectivity index (χ2v) is 7.66. The molecule has 2 fully saturated rings. The van der Waals surface area contributed by atoms with Crippen molar-refractivity contribution in [3.05, 3.63) is 0 Å². The molecular weight excluding hydrogens is 268 g/mol. The molecule has 0 aromatic carbocycles. The lowest BCUT2D eigenvalue weighted by Crippen LogP contribution is -2.48. The molecule has 0 aromatic rings. The third-order valence-electron chi connectivity index (χ3n) is 4.08. The van der Waals surface area contributed by atoms with Gasteiger partial charge in [-0.25, -0.2) is 4.72 Å². The molecule has 0 amide bonds. The molecule has 0 aromatic heterocycles. The fourth-order valence-corrected chi connectivity index (χ4v) is 4.82. The van der Waals surface area contributed by atoms with E-state index in [1.54, 1.807) is 0 Å². The van der Waals surface area contributed by atoms with E-state index in [-0.39, 0.29) is 17.8 Å². The van der Waals surface area contributed by atoms with Crippen molar-refractivity contribution in [1.29, 1.82) is 0 Å². The molecule has 0 radical (unpaired) electrons. The summed E-state index contributed by atoms with van der Waals surface area (Å²) in [6.07, 6.45) is 2.76. The van der Waals surface area contributed by atoms with Crippen LogP contribution in [0, 0.1) is 17.8 Å². The van der Waals surface area contributed by atoms with Crippen molar-refractivity contribution in [2.75, 3.05) is 13.1 Å². The zero-order valence-corrected chi connectivity index (χ0v) is 12.2. The van der Waals surface area contributed by atoms with Gasteiger partial charge in [0.15, 0.2) is 0 Å². The maximum absolute atomic E-state index is 12.2. The molecule has 3 atom stereocenters. The first-order valence-corrected chi connectivity index (χ1v) is 8.26. The van der Waals surface area contributed by atoms with Gasteiger partial charge < -0.3 is 5.11 Å². The van der Waals surface area contributed by atoms with Crippen LogP contribution in [0.15, 0.2) is 0 Å². The molecule has 1 heterocycles. The average molecular weight is 290 g/mol. The van der Waals surface area contributed by atoms with Crippen LogP contribution in [-0.4, -0.2) is 42.9 Å². The predicted molar refractivity (Wildman–Crippen MR) is 70.7 cm³/mol. The van der Waals surface area contributed by atoms with Crippen LogP contribution < -0.4 is 4.72 Å². The first kappa shape index (κ1) is 14.7. The minimum atomic E-state index is -3.69. The number of hydrogen-bond acceptors (Lipinski definition) is 3. The van der Waals surface area contributed by atoms with Crippen molar-refractivity contribution in [1.82, 2.24) is 9.03 Å². The summed E-state index contributed by atoms with van der Waals surface area (Å²) in [5.74, 6) is -0.644. The molecule has 2 rings (SSSR count). The number of nitrogens with one attached hydrogen (secondary N) is 1. The van der Waals surface area contributed by atoms with Gasteiger partial charge in [0.05, 0.1) is 0 Å². The van der Waals surface area contributed by atoms with E-state index in [0.29, 0.717) is 13.1 Å². The van der Waals surface area contributed by atoms with E-state index in [2.05, 4.69) is 4.72 Å². The van der Waals surface area contributed by atoms with E-state index in [1.807, 2.05) is 13.8 Å². The molecule has 7 heteroatoms. The summed E-state index contributed by atoms with van der Waals surface area (Å²) >= 11 is 0. The second-order valence-electron chi connectivity index (χ2n) is 5.95. The summed E-state index contributed by atoms with van der Waals surface area (Å²) in [7, 11) is -3.69. The highest BCUT2D eigenvalue weighted by Crippen LogP contribution is 2.43. The molecule has 0 spiro atoms. The number of carboxylic acid groups (broad SMARTS) is 1. The minimum absolute atomic E-state index is 0.0203. The summed E-state index contributed by atoms with van der Waals surface area (Å²) in [6, 6.07) is -0.892. The Hall–Kier alpha value is -0.660. The van der Waals surface area contributed by atoms with Crippen LogP contribution in [0.5, 0.6) is 0 Å². The Bertz CT molecular complexity index is 449. The van der Waals surface area contributed by atoms with Crippen LogP contribution in [0.1, 0.15) is 33.1 Å². The Morgan fingerprint density at radius 2 is 2.11 bits per heavy atom. The number of hydrogen-bond donors (Lipinski definition) is 2. The van der Waals surface area contributed by atoms with Crippen molar-refractivity contribution in [2.24, 2.45) is 17.8 Å². The standard InChI is InChI=1S/C12H22N2O4S/c1-8(2)6-13-19(17,18)14-7-9-4-3-5-10(9)11(14)12(15)16/h8-11,13H,3-7H2,1-2H3,(H,15,16). The lowest BCUT2D eigenvalue weighted by atomic mass is 9.94. The Morgan fingerprint density at radius 3 is 2.68 bits per heavy atom.